The molecule has 3 aromatic rings. The molecule has 0 saturated carbocycles. The third-order valence-electron chi connectivity index (χ3n) is 4.64. The first-order valence-electron chi connectivity index (χ1n) is 9.83. The fourth-order valence-corrected chi connectivity index (χ4v) is 3.72. The highest BCUT2D eigenvalue weighted by atomic mass is 35.5. The minimum Gasteiger partial charge on any atom is -0.391 e. The van der Waals surface area contributed by atoms with Gasteiger partial charge in [-0.3, -0.25) is 4.72 Å². The van der Waals surface area contributed by atoms with Crippen LogP contribution in [-0.4, -0.2) is 19.6 Å². The molecule has 0 heterocycles. The lowest BCUT2D eigenvalue weighted by atomic mass is 10.0. The molecule has 0 fully saturated rings. The monoisotopic (exact) mass is 496 g/mol. The number of nitrogens with one attached hydrogen (secondary N) is 1. The smallest absolute Gasteiger partial charge is 0.391 e. The standard InChI is InChI=1S/C23H20ClF3N2O3S/c1-2-21(20-14-19(24)12-13-22(20)29-33(30,31)23(25,26)27)28-32-15-16-8-10-18(11-9-16)17-6-4-3-5-7-17/h3-14,29H,2,15H2,1H3. The molecule has 10 heteroatoms. The first-order valence-corrected chi connectivity index (χ1v) is 11.7. The number of nitrogens with zero attached hydrogens (tertiary/aromatic N) is 1. The van der Waals surface area contributed by atoms with Crippen molar-refractivity contribution in [3.8, 4) is 11.1 Å². The van der Waals surface area contributed by atoms with Gasteiger partial charge in [-0.15, -0.1) is 0 Å². The van der Waals surface area contributed by atoms with Crippen LogP contribution >= 0.6 is 11.6 Å². The molecular formula is C23H20ClF3N2O3S. The predicted octanol–water partition coefficient (Wildman–Crippen LogP) is 6.60. The molecule has 0 saturated heterocycles. The van der Waals surface area contributed by atoms with E-state index in [2.05, 4.69) is 5.16 Å². The third kappa shape index (κ3) is 6.27. The summed E-state index contributed by atoms with van der Waals surface area (Å²) < 4.78 is 63.1. The lowest BCUT2D eigenvalue weighted by molar-refractivity contribution is -0.0429. The molecule has 5 nitrogen and oxygen atoms in total. The van der Waals surface area contributed by atoms with Gasteiger partial charge in [0.05, 0.1) is 11.4 Å². The van der Waals surface area contributed by atoms with Gasteiger partial charge in [0.1, 0.15) is 6.61 Å². The average molecular weight is 497 g/mol. The summed E-state index contributed by atoms with van der Waals surface area (Å²) in [5.74, 6) is 0. The van der Waals surface area contributed by atoms with Crippen LogP contribution in [0.15, 0.2) is 78.0 Å². The van der Waals surface area contributed by atoms with Crippen molar-refractivity contribution in [3.63, 3.8) is 0 Å². The minimum absolute atomic E-state index is 0.0947. The van der Waals surface area contributed by atoms with Crippen molar-refractivity contribution in [2.75, 3.05) is 4.72 Å². The number of sulfonamides is 1. The van der Waals surface area contributed by atoms with Crippen LogP contribution in [0.1, 0.15) is 24.5 Å². The molecule has 3 rings (SSSR count). The molecule has 0 spiro atoms. The van der Waals surface area contributed by atoms with E-state index in [4.69, 9.17) is 16.4 Å². The van der Waals surface area contributed by atoms with Gasteiger partial charge in [0.2, 0.25) is 0 Å². The van der Waals surface area contributed by atoms with Crippen LogP contribution in [0.25, 0.3) is 11.1 Å². The predicted molar refractivity (Wildman–Crippen MR) is 124 cm³/mol. The van der Waals surface area contributed by atoms with E-state index in [1.807, 2.05) is 54.6 Å². The van der Waals surface area contributed by atoms with E-state index in [1.165, 1.54) is 12.1 Å². The number of alkyl halides is 3. The number of halogens is 4. The van der Waals surface area contributed by atoms with E-state index < -0.39 is 15.5 Å². The van der Waals surface area contributed by atoms with E-state index in [0.29, 0.717) is 0 Å². The van der Waals surface area contributed by atoms with Crippen molar-refractivity contribution < 1.29 is 26.4 Å². The zero-order valence-electron chi connectivity index (χ0n) is 17.4. The zero-order valence-corrected chi connectivity index (χ0v) is 19.0. The van der Waals surface area contributed by atoms with Gasteiger partial charge in [-0.2, -0.15) is 21.6 Å². The molecule has 0 aliphatic rings. The largest absolute Gasteiger partial charge is 0.516 e. The Labute approximate surface area is 194 Å². The van der Waals surface area contributed by atoms with Crippen LogP contribution in [0, 0.1) is 0 Å². The third-order valence-corrected chi connectivity index (χ3v) is 5.98. The van der Waals surface area contributed by atoms with Crippen molar-refractivity contribution in [2.45, 2.75) is 25.5 Å². The van der Waals surface area contributed by atoms with E-state index in [9.17, 15) is 21.6 Å². The SMILES string of the molecule is CCC(=NOCc1ccc(-c2ccccc2)cc1)c1cc(Cl)ccc1NS(=O)(=O)C(F)(F)F. The van der Waals surface area contributed by atoms with Gasteiger partial charge in [-0.25, -0.2) is 0 Å². The van der Waals surface area contributed by atoms with Crippen LogP contribution in [-0.2, 0) is 21.5 Å². The van der Waals surface area contributed by atoms with E-state index in [-0.39, 0.29) is 35.0 Å². The second kappa shape index (κ2) is 10.3. The van der Waals surface area contributed by atoms with E-state index in [1.54, 1.807) is 11.6 Å². The lowest BCUT2D eigenvalue weighted by Gasteiger charge is -2.15. The summed E-state index contributed by atoms with van der Waals surface area (Å²) in [6.45, 7) is 1.82. The second-order valence-corrected chi connectivity index (χ2v) is 9.08. The number of anilines is 1. The van der Waals surface area contributed by atoms with Gasteiger partial charge in [0, 0.05) is 10.6 Å². The Balaban J connectivity index is 1.78. The Morgan fingerprint density at radius 1 is 1.00 bits per heavy atom. The van der Waals surface area contributed by atoms with Gasteiger partial charge in [-0.1, -0.05) is 78.3 Å². The first kappa shape index (κ1) is 24.6. The highest BCUT2D eigenvalue weighted by Gasteiger charge is 2.46. The molecule has 1 N–H and O–H groups in total. The summed E-state index contributed by atoms with van der Waals surface area (Å²) in [5.41, 5.74) is -2.49. The normalized spacial score (nSPS) is 12.5. The maximum Gasteiger partial charge on any atom is 0.516 e. The number of hydrogen-bond donors (Lipinski definition) is 1. The molecule has 0 amide bonds. The minimum atomic E-state index is -5.61. The van der Waals surface area contributed by atoms with Crippen molar-refractivity contribution >= 4 is 33.0 Å². The van der Waals surface area contributed by atoms with Gasteiger partial charge in [0.15, 0.2) is 0 Å². The van der Waals surface area contributed by atoms with Gasteiger partial charge in [0.25, 0.3) is 0 Å². The molecule has 0 aliphatic carbocycles. The summed E-state index contributed by atoms with van der Waals surface area (Å²) in [5, 5.41) is 4.23. The maximum absolute atomic E-state index is 12.8. The van der Waals surface area contributed by atoms with Gasteiger partial charge >= 0.3 is 15.5 Å². The molecule has 0 aliphatic heterocycles. The number of rotatable bonds is 8. The average Bonchev–Trinajstić information content (AvgIpc) is 2.78. The Kier molecular flexibility index (Phi) is 7.65. The fraction of sp³-hybridized carbons (Fsp3) is 0.174. The fourth-order valence-electron chi connectivity index (χ4n) is 2.96. The quantitative estimate of drug-likeness (QED) is 0.282. The second-order valence-electron chi connectivity index (χ2n) is 6.97. The molecule has 0 atom stereocenters. The van der Waals surface area contributed by atoms with Crippen LogP contribution in [0.2, 0.25) is 5.02 Å². The van der Waals surface area contributed by atoms with Crippen LogP contribution in [0.4, 0.5) is 18.9 Å². The Hall–Kier alpha value is -3.04. The Morgan fingerprint density at radius 3 is 2.24 bits per heavy atom. The highest BCUT2D eigenvalue weighted by Crippen LogP contribution is 2.29. The molecular weight excluding hydrogens is 477 g/mol. The number of oxime groups is 1. The summed E-state index contributed by atoms with van der Waals surface area (Å²) in [6, 6.07) is 21.2. The molecule has 0 unspecified atom stereocenters. The molecule has 0 aromatic heterocycles. The first-order chi connectivity index (χ1) is 15.6. The number of benzene rings is 3. The van der Waals surface area contributed by atoms with Crippen LogP contribution in [0.5, 0.6) is 0 Å². The van der Waals surface area contributed by atoms with Gasteiger partial charge < -0.3 is 4.84 Å². The topological polar surface area (TPSA) is 67.8 Å². The number of hydrogen-bond acceptors (Lipinski definition) is 4. The van der Waals surface area contributed by atoms with E-state index >= 15 is 0 Å². The molecule has 33 heavy (non-hydrogen) atoms. The summed E-state index contributed by atoms with van der Waals surface area (Å²) in [6.07, 6.45) is 0.258. The lowest BCUT2D eigenvalue weighted by Crippen LogP contribution is -2.30. The Morgan fingerprint density at radius 2 is 1.64 bits per heavy atom. The van der Waals surface area contributed by atoms with Crippen molar-refractivity contribution in [2.24, 2.45) is 5.16 Å². The molecule has 174 valence electrons. The van der Waals surface area contributed by atoms with Crippen molar-refractivity contribution in [1.29, 1.82) is 0 Å². The van der Waals surface area contributed by atoms with Crippen molar-refractivity contribution in [1.82, 2.24) is 0 Å². The van der Waals surface area contributed by atoms with Crippen LogP contribution in [0.3, 0.4) is 0 Å². The summed E-state index contributed by atoms with van der Waals surface area (Å²) in [4.78, 5) is 5.41. The summed E-state index contributed by atoms with van der Waals surface area (Å²) >= 11 is 5.98. The molecule has 0 bridgehead atoms. The zero-order chi connectivity index (χ0) is 24.1. The molecule has 0 radical (unpaired) electrons. The van der Waals surface area contributed by atoms with Crippen LogP contribution < -0.4 is 4.72 Å². The van der Waals surface area contributed by atoms with Gasteiger partial charge in [-0.05, 0) is 41.3 Å². The molecule has 3 aromatic carbocycles. The maximum atomic E-state index is 12.8. The van der Waals surface area contributed by atoms with E-state index in [0.717, 1.165) is 22.8 Å². The Bertz CT molecular complexity index is 1230. The van der Waals surface area contributed by atoms with Crippen molar-refractivity contribution in [3.05, 3.63) is 88.9 Å². The summed E-state index contributed by atoms with van der Waals surface area (Å²) in [7, 11) is -5.61. The highest BCUT2D eigenvalue weighted by molar-refractivity contribution is 7.93.